The minimum atomic E-state index is -0.0209. The largest absolute Gasteiger partial charge is 0.351 e. The van der Waals surface area contributed by atoms with Crippen LogP contribution in [0.25, 0.3) is 0 Å². The van der Waals surface area contributed by atoms with E-state index in [4.69, 9.17) is 0 Å². The second-order valence-corrected chi connectivity index (χ2v) is 6.73. The molecule has 0 bridgehead atoms. The summed E-state index contributed by atoms with van der Waals surface area (Å²) >= 11 is 1.82. The molecule has 5 heteroatoms. The summed E-state index contributed by atoms with van der Waals surface area (Å²) in [6.45, 7) is 4.20. The number of likely N-dealkylation sites (tertiary alicyclic amines) is 1. The molecule has 0 aromatic carbocycles. The maximum absolute atomic E-state index is 11.0. The van der Waals surface area contributed by atoms with Crippen molar-refractivity contribution in [3.05, 3.63) is 52.0 Å². The molecule has 2 aromatic heterocycles. The summed E-state index contributed by atoms with van der Waals surface area (Å²) in [6.07, 6.45) is 4.28. The highest BCUT2D eigenvalue weighted by Gasteiger charge is 2.26. The second kappa shape index (κ2) is 7.03. The number of nitrogens with one attached hydrogen (secondary N) is 1. The van der Waals surface area contributed by atoms with Gasteiger partial charge < -0.3 is 5.32 Å². The molecule has 1 aliphatic rings. The maximum atomic E-state index is 11.0. The highest BCUT2D eigenvalue weighted by Crippen LogP contribution is 2.33. The van der Waals surface area contributed by atoms with Gasteiger partial charge in [-0.25, -0.2) is 0 Å². The van der Waals surface area contributed by atoms with Gasteiger partial charge in [0.2, 0.25) is 5.91 Å². The van der Waals surface area contributed by atoms with Crippen LogP contribution in [0.4, 0.5) is 0 Å². The molecular weight excluding hydrogens is 294 g/mol. The van der Waals surface area contributed by atoms with Crippen molar-refractivity contribution in [1.82, 2.24) is 15.2 Å². The van der Waals surface area contributed by atoms with Crippen molar-refractivity contribution in [2.75, 3.05) is 6.54 Å². The molecule has 1 N–H and O–H groups in total. The van der Waals surface area contributed by atoms with Crippen LogP contribution in [0.15, 0.2) is 35.8 Å². The van der Waals surface area contributed by atoms with Crippen molar-refractivity contribution in [1.29, 1.82) is 0 Å². The number of thiophene rings is 1. The van der Waals surface area contributed by atoms with Crippen molar-refractivity contribution in [3.8, 4) is 0 Å². The van der Waals surface area contributed by atoms with Gasteiger partial charge in [0.05, 0.1) is 12.2 Å². The predicted octanol–water partition coefficient (Wildman–Crippen LogP) is 3.12. The Balaban J connectivity index is 1.71. The summed E-state index contributed by atoms with van der Waals surface area (Å²) in [5, 5.41) is 4.95. The molecule has 1 atom stereocenters. The first-order chi connectivity index (χ1) is 10.7. The van der Waals surface area contributed by atoms with Gasteiger partial charge in [-0.1, -0.05) is 6.07 Å². The first-order valence-electron chi connectivity index (χ1n) is 7.68. The lowest BCUT2D eigenvalue weighted by atomic mass is 10.0. The Morgan fingerprint density at radius 2 is 2.41 bits per heavy atom. The van der Waals surface area contributed by atoms with E-state index in [0.717, 1.165) is 18.8 Å². The number of rotatable bonds is 5. The number of hydrogen-bond donors (Lipinski definition) is 1. The van der Waals surface area contributed by atoms with Crippen LogP contribution in [0.2, 0.25) is 0 Å². The fraction of sp³-hybridized carbons (Fsp3) is 0.412. The minimum absolute atomic E-state index is 0.0209. The van der Waals surface area contributed by atoms with Gasteiger partial charge in [-0.05, 0) is 48.5 Å². The minimum Gasteiger partial charge on any atom is -0.351 e. The number of carbonyl (C=O) groups excluding carboxylic acids is 1. The lowest BCUT2D eigenvalue weighted by Crippen LogP contribution is -2.23. The standard InChI is InChI=1S/C17H21N3OS/c1-13(21)19-11-15-10-14(6-7-18-15)17-5-2-8-20(17)12-16-4-3-9-22-16/h3-4,6-7,9-10,17H,2,5,8,11-12H2,1H3,(H,19,21). The van der Waals surface area contributed by atoms with Crippen LogP contribution in [0.1, 0.15) is 41.9 Å². The summed E-state index contributed by atoms with van der Waals surface area (Å²) in [6, 6.07) is 9.01. The molecular formula is C17H21N3OS. The van der Waals surface area contributed by atoms with Gasteiger partial charge in [-0.15, -0.1) is 11.3 Å². The van der Waals surface area contributed by atoms with Crippen LogP contribution in [0.3, 0.4) is 0 Å². The Hall–Kier alpha value is -1.72. The second-order valence-electron chi connectivity index (χ2n) is 5.70. The number of amides is 1. The molecule has 2 aromatic rings. The van der Waals surface area contributed by atoms with Gasteiger partial charge in [0.25, 0.3) is 0 Å². The lowest BCUT2D eigenvalue weighted by Gasteiger charge is -2.24. The van der Waals surface area contributed by atoms with Crippen LogP contribution in [0, 0.1) is 0 Å². The molecule has 3 heterocycles. The molecule has 4 nitrogen and oxygen atoms in total. The molecule has 1 fully saturated rings. The Kier molecular flexibility index (Phi) is 4.85. The molecule has 116 valence electrons. The van der Waals surface area contributed by atoms with E-state index in [2.05, 4.69) is 44.8 Å². The predicted molar refractivity (Wildman–Crippen MR) is 88.5 cm³/mol. The third-order valence-corrected chi connectivity index (χ3v) is 4.91. The first kappa shape index (κ1) is 15.2. The zero-order valence-electron chi connectivity index (χ0n) is 12.8. The smallest absolute Gasteiger partial charge is 0.217 e. The van der Waals surface area contributed by atoms with E-state index >= 15 is 0 Å². The van der Waals surface area contributed by atoms with Crippen molar-refractivity contribution >= 4 is 17.2 Å². The Morgan fingerprint density at radius 3 is 3.18 bits per heavy atom. The van der Waals surface area contributed by atoms with Gasteiger partial charge in [-0.2, -0.15) is 0 Å². The van der Waals surface area contributed by atoms with E-state index in [-0.39, 0.29) is 5.91 Å². The summed E-state index contributed by atoms with van der Waals surface area (Å²) in [5.41, 5.74) is 2.24. The van der Waals surface area contributed by atoms with Gasteiger partial charge in [-0.3, -0.25) is 14.7 Å². The highest BCUT2D eigenvalue weighted by molar-refractivity contribution is 7.09. The fourth-order valence-electron chi connectivity index (χ4n) is 3.01. The van der Waals surface area contributed by atoms with Crippen molar-refractivity contribution < 1.29 is 4.79 Å². The topological polar surface area (TPSA) is 45.2 Å². The molecule has 1 saturated heterocycles. The van der Waals surface area contributed by atoms with Gasteiger partial charge in [0.15, 0.2) is 0 Å². The van der Waals surface area contributed by atoms with E-state index in [9.17, 15) is 4.79 Å². The first-order valence-corrected chi connectivity index (χ1v) is 8.56. The van der Waals surface area contributed by atoms with Crippen LogP contribution in [0.5, 0.6) is 0 Å². The van der Waals surface area contributed by atoms with Crippen LogP contribution < -0.4 is 5.32 Å². The number of aromatic nitrogens is 1. The molecule has 1 aliphatic heterocycles. The Bertz CT molecular complexity index is 627. The van der Waals surface area contributed by atoms with E-state index in [1.807, 2.05) is 17.5 Å². The van der Waals surface area contributed by atoms with E-state index < -0.39 is 0 Å². The van der Waals surface area contributed by atoms with Crippen molar-refractivity contribution in [3.63, 3.8) is 0 Å². The van der Waals surface area contributed by atoms with Crippen LogP contribution >= 0.6 is 11.3 Å². The zero-order chi connectivity index (χ0) is 15.4. The normalized spacial score (nSPS) is 18.5. The third-order valence-electron chi connectivity index (χ3n) is 4.05. The Labute approximate surface area is 135 Å². The lowest BCUT2D eigenvalue weighted by molar-refractivity contribution is -0.119. The number of pyridine rings is 1. The van der Waals surface area contributed by atoms with Gasteiger partial charge >= 0.3 is 0 Å². The molecule has 1 unspecified atom stereocenters. The molecule has 22 heavy (non-hydrogen) atoms. The van der Waals surface area contributed by atoms with E-state index in [1.54, 1.807) is 0 Å². The molecule has 0 radical (unpaired) electrons. The summed E-state index contributed by atoms with van der Waals surface area (Å²) in [5.74, 6) is -0.0209. The summed E-state index contributed by atoms with van der Waals surface area (Å²) < 4.78 is 0. The molecule has 0 saturated carbocycles. The average Bonchev–Trinajstić information content (AvgIpc) is 3.18. The summed E-state index contributed by atoms with van der Waals surface area (Å²) in [7, 11) is 0. The molecule has 1 amide bonds. The summed E-state index contributed by atoms with van der Waals surface area (Å²) in [4.78, 5) is 19.4. The Morgan fingerprint density at radius 1 is 1.50 bits per heavy atom. The number of carbonyl (C=O) groups is 1. The van der Waals surface area contributed by atoms with Gasteiger partial charge in [0, 0.05) is 30.6 Å². The molecule has 0 aliphatic carbocycles. The van der Waals surface area contributed by atoms with Crippen LogP contribution in [-0.4, -0.2) is 22.3 Å². The van der Waals surface area contributed by atoms with Crippen molar-refractivity contribution in [2.45, 2.75) is 38.9 Å². The molecule has 0 spiro atoms. The SMILES string of the molecule is CC(=O)NCc1cc(C2CCCN2Cc2cccs2)ccn1. The van der Waals surface area contributed by atoms with E-state index in [1.165, 1.54) is 30.2 Å². The quantitative estimate of drug-likeness (QED) is 0.922. The monoisotopic (exact) mass is 315 g/mol. The molecule has 3 rings (SSSR count). The van der Waals surface area contributed by atoms with E-state index in [0.29, 0.717) is 12.6 Å². The van der Waals surface area contributed by atoms with Crippen LogP contribution in [-0.2, 0) is 17.9 Å². The van der Waals surface area contributed by atoms with Crippen molar-refractivity contribution in [2.24, 2.45) is 0 Å². The maximum Gasteiger partial charge on any atom is 0.217 e. The highest BCUT2D eigenvalue weighted by atomic mass is 32.1. The third kappa shape index (κ3) is 3.72. The van der Waals surface area contributed by atoms with Gasteiger partial charge in [0.1, 0.15) is 0 Å². The number of hydrogen-bond acceptors (Lipinski definition) is 4. The average molecular weight is 315 g/mol. The number of nitrogens with zero attached hydrogens (tertiary/aromatic N) is 2. The fourth-order valence-corrected chi connectivity index (χ4v) is 3.74. The zero-order valence-corrected chi connectivity index (χ0v) is 13.6.